The van der Waals surface area contributed by atoms with E-state index in [1.54, 1.807) is 13.3 Å². The molecule has 0 saturated carbocycles. The SMILES string of the molecule is COc1cccc([C@H](NC(=O)N[C@H](C)c2ccc3c(c2)CCCC3)c2nccn2C)c1. The lowest BCUT2D eigenvalue weighted by atomic mass is 9.89. The number of hydrogen-bond donors (Lipinski definition) is 2. The van der Waals surface area contributed by atoms with E-state index in [2.05, 4.69) is 33.8 Å². The van der Waals surface area contributed by atoms with Gasteiger partial charge in [-0.3, -0.25) is 0 Å². The topological polar surface area (TPSA) is 68.2 Å². The first kappa shape index (κ1) is 21.0. The quantitative estimate of drug-likeness (QED) is 0.621. The van der Waals surface area contributed by atoms with Crippen LogP contribution in [0.3, 0.4) is 0 Å². The number of nitrogens with one attached hydrogen (secondary N) is 2. The van der Waals surface area contributed by atoms with Crippen LogP contribution in [0.15, 0.2) is 54.9 Å². The summed E-state index contributed by atoms with van der Waals surface area (Å²) in [7, 11) is 3.56. The van der Waals surface area contributed by atoms with Gasteiger partial charge in [0.1, 0.15) is 17.6 Å². The molecule has 0 aliphatic heterocycles. The lowest BCUT2D eigenvalue weighted by Crippen LogP contribution is -2.40. The summed E-state index contributed by atoms with van der Waals surface area (Å²) in [6.07, 6.45) is 8.39. The van der Waals surface area contributed by atoms with Gasteiger partial charge in [-0.1, -0.05) is 30.3 Å². The monoisotopic (exact) mass is 418 g/mol. The van der Waals surface area contributed by atoms with Crippen molar-refractivity contribution in [1.82, 2.24) is 20.2 Å². The Morgan fingerprint density at radius 2 is 1.87 bits per heavy atom. The zero-order valence-corrected chi connectivity index (χ0v) is 18.4. The van der Waals surface area contributed by atoms with E-state index in [1.165, 1.54) is 24.0 Å². The number of carbonyl (C=O) groups is 1. The maximum atomic E-state index is 13.0. The third-order valence-electron chi connectivity index (χ3n) is 6.04. The lowest BCUT2D eigenvalue weighted by molar-refractivity contribution is 0.235. The van der Waals surface area contributed by atoms with Crippen molar-refractivity contribution in [2.45, 2.75) is 44.7 Å². The molecule has 2 N–H and O–H groups in total. The molecule has 1 aromatic heterocycles. The van der Waals surface area contributed by atoms with Crippen LogP contribution in [0, 0.1) is 0 Å². The van der Waals surface area contributed by atoms with E-state index < -0.39 is 6.04 Å². The zero-order valence-electron chi connectivity index (χ0n) is 18.4. The summed E-state index contributed by atoms with van der Waals surface area (Å²) in [5, 5.41) is 6.20. The van der Waals surface area contributed by atoms with Crippen molar-refractivity contribution in [3.05, 3.63) is 82.9 Å². The van der Waals surface area contributed by atoms with Crippen LogP contribution in [-0.4, -0.2) is 22.7 Å². The fraction of sp³-hybridized carbons (Fsp3) is 0.360. The number of imidazole rings is 1. The highest BCUT2D eigenvalue weighted by atomic mass is 16.5. The van der Waals surface area contributed by atoms with E-state index in [9.17, 15) is 4.79 Å². The molecule has 31 heavy (non-hydrogen) atoms. The van der Waals surface area contributed by atoms with Crippen LogP contribution in [0.25, 0.3) is 0 Å². The first-order chi connectivity index (χ1) is 15.0. The minimum absolute atomic E-state index is 0.0976. The summed E-state index contributed by atoms with van der Waals surface area (Å²) in [4.78, 5) is 17.4. The van der Waals surface area contributed by atoms with Gasteiger partial charge in [0.05, 0.1) is 13.2 Å². The molecule has 6 heteroatoms. The van der Waals surface area contributed by atoms with Crippen LogP contribution in [0.5, 0.6) is 5.75 Å². The average molecular weight is 419 g/mol. The highest BCUT2D eigenvalue weighted by Crippen LogP contribution is 2.26. The zero-order chi connectivity index (χ0) is 21.8. The number of ether oxygens (including phenoxy) is 1. The van der Waals surface area contributed by atoms with E-state index in [-0.39, 0.29) is 12.1 Å². The van der Waals surface area contributed by atoms with Gasteiger partial charge in [0, 0.05) is 19.4 Å². The molecular formula is C25H30N4O2. The van der Waals surface area contributed by atoms with Crippen LogP contribution >= 0.6 is 0 Å². The van der Waals surface area contributed by atoms with Crippen molar-refractivity contribution in [3.8, 4) is 5.75 Å². The molecule has 162 valence electrons. The molecular weight excluding hydrogens is 388 g/mol. The number of urea groups is 1. The minimum Gasteiger partial charge on any atom is -0.497 e. The van der Waals surface area contributed by atoms with Crippen molar-refractivity contribution in [1.29, 1.82) is 0 Å². The Kier molecular flexibility index (Phi) is 6.26. The molecule has 3 aromatic rings. The molecule has 2 amide bonds. The Morgan fingerprint density at radius 1 is 1.06 bits per heavy atom. The van der Waals surface area contributed by atoms with Gasteiger partial charge in [-0.05, 0) is 67.0 Å². The first-order valence-electron chi connectivity index (χ1n) is 10.8. The normalized spacial score (nSPS) is 14.9. The highest BCUT2D eigenvalue weighted by Gasteiger charge is 2.22. The largest absolute Gasteiger partial charge is 0.497 e. The fourth-order valence-electron chi connectivity index (χ4n) is 4.25. The van der Waals surface area contributed by atoms with Gasteiger partial charge >= 0.3 is 6.03 Å². The predicted molar refractivity (Wildman–Crippen MR) is 121 cm³/mol. The van der Waals surface area contributed by atoms with Crippen molar-refractivity contribution < 1.29 is 9.53 Å². The predicted octanol–water partition coefficient (Wildman–Crippen LogP) is 4.46. The Labute approximate surface area is 183 Å². The molecule has 0 unspecified atom stereocenters. The summed E-state index contributed by atoms with van der Waals surface area (Å²) in [5.41, 5.74) is 4.90. The van der Waals surface area contributed by atoms with Gasteiger partial charge in [-0.2, -0.15) is 0 Å². The summed E-state index contributed by atoms with van der Waals surface area (Å²) in [6.45, 7) is 2.02. The molecule has 0 spiro atoms. The number of hydrogen-bond acceptors (Lipinski definition) is 3. The van der Waals surface area contributed by atoms with Gasteiger partial charge in [0.2, 0.25) is 0 Å². The average Bonchev–Trinajstić information content (AvgIpc) is 3.22. The number of amides is 2. The number of aromatic nitrogens is 2. The first-order valence-corrected chi connectivity index (χ1v) is 10.8. The second kappa shape index (κ2) is 9.25. The van der Waals surface area contributed by atoms with Gasteiger partial charge in [0.25, 0.3) is 0 Å². The highest BCUT2D eigenvalue weighted by molar-refractivity contribution is 5.75. The van der Waals surface area contributed by atoms with E-state index in [0.717, 1.165) is 35.5 Å². The molecule has 0 saturated heterocycles. The lowest BCUT2D eigenvalue weighted by Gasteiger charge is -2.23. The number of nitrogens with zero attached hydrogens (tertiary/aromatic N) is 2. The van der Waals surface area contributed by atoms with E-state index in [4.69, 9.17) is 4.74 Å². The van der Waals surface area contributed by atoms with E-state index in [0.29, 0.717) is 0 Å². The Hall–Kier alpha value is -3.28. The number of benzene rings is 2. The van der Waals surface area contributed by atoms with E-state index in [1.807, 2.05) is 49.0 Å². The number of aryl methyl sites for hydroxylation is 3. The summed E-state index contributed by atoms with van der Waals surface area (Å²) < 4.78 is 7.28. The summed E-state index contributed by atoms with van der Waals surface area (Å²) >= 11 is 0. The van der Waals surface area contributed by atoms with Gasteiger partial charge in [-0.25, -0.2) is 9.78 Å². The smallest absolute Gasteiger partial charge is 0.316 e. The fourth-order valence-corrected chi connectivity index (χ4v) is 4.25. The molecule has 1 aliphatic rings. The molecule has 0 bridgehead atoms. The van der Waals surface area contributed by atoms with Gasteiger partial charge < -0.3 is 19.9 Å². The maximum Gasteiger partial charge on any atom is 0.316 e. The number of fused-ring (bicyclic) bond motifs is 1. The molecule has 1 heterocycles. The van der Waals surface area contributed by atoms with Crippen molar-refractivity contribution in [3.63, 3.8) is 0 Å². The Bertz CT molecular complexity index is 1060. The number of methoxy groups -OCH3 is 1. The molecule has 6 nitrogen and oxygen atoms in total. The molecule has 2 atom stereocenters. The summed E-state index contributed by atoms with van der Waals surface area (Å²) in [5.74, 6) is 1.49. The maximum absolute atomic E-state index is 13.0. The van der Waals surface area contributed by atoms with Crippen molar-refractivity contribution in [2.24, 2.45) is 7.05 Å². The van der Waals surface area contributed by atoms with Crippen molar-refractivity contribution >= 4 is 6.03 Å². The molecule has 0 fully saturated rings. The second-order valence-corrected chi connectivity index (χ2v) is 8.18. The van der Waals surface area contributed by atoms with Crippen LogP contribution in [-0.2, 0) is 19.9 Å². The molecule has 1 aliphatic carbocycles. The van der Waals surface area contributed by atoms with Gasteiger partial charge in [-0.15, -0.1) is 0 Å². The van der Waals surface area contributed by atoms with E-state index >= 15 is 0 Å². The molecule has 2 aromatic carbocycles. The standard InChI is InChI=1S/C25H30N4O2/c1-17(19-12-11-18-7-4-5-8-20(18)15-19)27-25(30)28-23(24-26-13-14-29(24)2)21-9-6-10-22(16-21)31-3/h6,9-17,23H,4-5,7-8H2,1-3H3,(H2,27,28,30)/t17-,23+/m1/s1. The number of rotatable bonds is 6. The van der Waals surface area contributed by atoms with Crippen molar-refractivity contribution in [2.75, 3.05) is 7.11 Å². The van der Waals surface area contributed by atoms with Crippen LogP contribution in [0.2, 0.25) is 0 Å². The number of carbonyl (C=O) groups excluding carboxylic acids is 1. The van der Waals surface area contributed by atoms with Crippen LogP contribution in [0.4, 0.5) is 4.79 Å². The van der Waals surface area contributed by atoms with Gasteiger partial charge in [0.15, 0.2) is 0 Å². The molecule has 0 radical (unpaired) electrons. The molecule has 4 rings (SSSR count). The minimum atomic E-state index is -0.397. The Balaban J connectivity index is 1.51. The van der Waals surface area contributed by atoms with Crippen LogP contribution in [0.1, 0.15) is 59.9 Å². The second-order valence-electron chi connectivity index (χ2n) is 8.18. The Morgan fingerprint density at radius 3 is 2.61 bits per heavy atom. The third kappa shape index (κ3) is 4.74. The summed E-state index contributed by atoms with van der Waals surface area (Å²) in [6, 6.07) is 13.6. The van der Waals surface area contributed by atoms with Crippen LogP contribution < -0.4 is 15.4 Å². The third-order valence-corrected chi connectivity index (χ3v) is 6.04.